The summed E-state index contributed by atoms with van der Waals surface area (Å²) in [6.07, 6.45) is 9.71. The van der Waals surface area contributed by atoms with Gasteiger partial charge in [0.25, 0.3) is 0 Å². The predicted molar refractivity (Wildman–Crippen MR) is 88.0 cm³/mol. The number of nitrogens with zero attached hydrogens (tertiary/aromatic N) is 1. The third-order valence-electron chi connectivity index (χ3n) is 3.47. The lowest BCUT2D eigenvalue weighted by molar-refractivity contribution is 0.411. The van der Waals surface area contributed by atoms with E-state index in [1.165, 1.54) is 19.3 Å². The van der Waals surface area contributed by atoms with Gasteiger partial charge in [0, 0.05) is 12.2 Å². The molecule has 1 fully saturated rings. The van der Waals surface area contributed by atoms with Gasteiger partial charge in [0.05, 0.1) is 0 Å². The Balaban J connectivity index is 1.98. The van der Waals surface area contributed by atoms with Crippen molar-refractivity contribution in [1.82, 2.24) is 10.6 Å². The molecular formula is C16H23N5. The number of nitrogens with two attached hydrogens (primary N) is 1. The lowest BCUT2D eigenvalue weighted by Gasteiger charge is -2.24. The van der Waals surface area contributed by atoms with Crippen LogP contribution in [0, 0.1) is 5.41 Å². The predicted octanol–water partition coefficient (Wildman–Crippen LogP) is 2.42. The molecule has 5 N–H and O–H groups in total. The van der Waals surface area contributed by atoms with Gasteiger partial charge in [-0.2, -0.15) is 0 Å². The van der Waals surface area contributed by atoms with Gasteiger partial charge in [0.15, 0.2) is 5.96 Å². The highest BCUT2D eigenvalue weighted by Gasteiger charge is 2.14. The number of hydrogen-bond donors (Lipinski definition) is 4. The van der Waals surface area contributed by atoms with Crippen molar-refractivity contribution in [2.75, 3.05) is 0 Å². The molecule has 0 spiro atoms. The van der Waals surface area contributed by atoms with E-state index in [2.05, 4.69) is 15.6 Å². The van der Waals surface area contributed by atoms with Crippen molar-refractivity contribution in [2.24, 2.45) is 10.7 Å². The molecule has 5 nitrogen and oxygen atoms in total. The molecule has 0 atom stereocenters. The Morgan fingerprint density at radius 3 is 2.57 bits per heavy atom. The third kappa shape index (κ3) is 5.69. The van der Waals surface area contributed by atoms with E-state index in [1.54, 1.807) is 6.20 Å². The van der Waals surface area contributed by atoms with Crippen LogP contribution >= 0.6 is 0 Å². The summed E-state index contributed by atoms with van der Waals surface area (Å²) >= 11 is 0. The third-order valence-corrected chi connectivity index (χ3v) is 3.47. The molecule has 0 unspecified atom stereocenters. The highest BCUT2D eigenvalue weighted by Crippen LogP contribution is 2.17. The maximum atomic E-state index is 7.36. The largest absolute Gasteiger partial charge is 0.370 e. The van der Waals surface area contributed by atoms with Gasteiger partial charge in [-0.05, 0) is 24.5 Å². The van der Waals surface area contributed by atoms with Crippen LogP contribution < -0.4 is 16.4 Å². The van der Waals surface area contributed by atoms with Crippen LogP contribution in [0.4, 0.5) is 0 Å². The lowest BCUT2D eigenvalue weighted by atomic mass is 9.96. The number of nitrogens with one attached hydrogen (secondary N) is 3. The minimum atomic E-state index is -0.106. The van der Waals surface area contributed by atoms with Crippen LogP contribution in [0.5, 0.6) is 0 Å². The lowest BCUT2D eigenvalue weighted by Crippen LogP contribution is -2.48. The van der Waals surface area contributed by atoms with Crippen LogP contribution in [-0.4, -0.2) is 18.0 Å². The van der Waals surface area contributed by atoms with Gasteiger partial charge >= 0.3 is 0 Å². The minimum absolute atomic E-state index is 0.106. The van der Waals surface area contributed by atoms with Crippen LogP contribution in [0.2, 0.25) is 0 Å². The van der Waals surface area contributed by atoms with Gasteiger partial charge < -0.3 is 11.1 Å². The zero-order chi connectivity index (χ0) is 14.9. The second-order valence-corrected chi connectivity index (χ2v) is 5.22. The fourth-order valence-corrected chi connectivity index (χ4v) is 2.44. The fourth-order valence-electron chi connectivity index (χ4n) is 2.44. The van der Waals surface area contributed by atoms with Gasteiger partial charge in [-0.15, -0.1) is 0 Å². The van der Waals surface area contributed by atoms with Crippen LogP contribution in [0.1, 0.15) is 37.7 Å². The summed E-state index contributed by atoms with van der Waals surface area (Å²) in [5.41, 5.74) is 6.49. The van der Waals surface area contributed by atoms with E-state index in [4.69, 9.17) is 11.1 Å². The van der Waals surface area contributed by atoms with Crippen LogP contribution in [0.25, 0.3) is 6.08 Å². The van der Waals surface area contributed by atoms with Crippen molar-refractivity contribution in [3.63, 3.8) is 0 Å². The van der Waals surface area contributed by atoms with Crippen molar-refractivity contribution in [3.05, 3.63) is 42.1 Å². The van der Waals surface area contributed by atoms with E-state index in [0.29, 0.717) is 12.0 Å². The summed E-state index contributed by atoms with van der Waals surface area (Å²) < 4.78 is 0. The highest BCUT2D eigenvalue weighted by molar-refractivity contribution is 5.96. The molecule has 112 valence electrons. The quantitative estimate of drug-likeness (QED) is 0.508. The van der Waals surface area contributed by atoms with E-state index >= 15 is 0 Å². The van der Waals surface area contributed by atoms with Crippen molar-refractivity contribution in [2.45, 2.75) is 38.1 Å². The maximum absolute atomic E-state index is 7.36. The number of benzene rings is 1. The topological polar surface area (TPSA) is 86.3 Å². The summed E-state index contributed by atoms with van der Waals surface area (Å²) in [6.45, 7) is 0. The number of guanidine groups is 2. The van der Waals surface area contributed by atoms with Crippen LogP contribution in [0.3, 0.4) is 0 Å². The summed E-state index contributed by atoms with van der Waals surface area (Å²) in [5, 5.41) is 13.5. The molecule has 0 aliphatic heterocycles. The first kappa shape index (κ1) is 15.1. The Kier molecular flexibility index (Phi) is 5.82. The van der Waals surface area contributed by atoms with Crippen LogP contribution in [0.15, 0.2) is 41.5 Å². The molecule has 1 aliphatic carbocycles. The first-order valence-electron chi connectivity index (χ1n) is 7.41. The molecule has 1 aromatic carbocycles. The summed E-state index contributed by atoms with van der Waals surface area (Å²) in [5.74, 6) is 0.437. The Morgan fingerprint density at radius 1 is 1.19 bits per heavy atom. The molecule has 1 aromatic rings. The van der Waals surface area contributed by atoms with E-state index < -0.39 is 0 Å². The normalized spacial score (nSPS) is 16.9. The molecule has 1 aliphatic rings. The Morgan fingerprint density at radius 2 is 1.90 bits per heavy atom. The van der Waals surface area contributed by atoms with Crippen LogP contribution in [-0.2, 0) is 0 Å². The zero-order valence-corrected chi connectivity index (χ0v) is 12.2. The molecule has 0 amide bonds. The number of rotatable bonds is 3. The smallest absolute Gasteiger partial charge is 0.202 e. The molecule has 5 heteroatoms. The maximum Gasteiger partial charge on any atom is 0.202 e. The van der Waals surface area contributed by atoms with E-state index in [9.17, 15) is 0 Å². The van der Waals surface area contributed by atoms with Crippen molar-refractivity contribution in [3.8, 4) is 0 Å². The molecule has 0 bridgehead atoms. The first-order chi connectivity index (χ1) is 10.2. The van der Waals surface area contributed by atoms with E-state index in [-0.39, 0.29) is 5.96 Å². The molecule has 2 rings (SSSR count). The Hall–Kier alpha value is -2.30. The molecule has 21 heavy (non-hydrogen) atoms. The van der Waals surface area contributed by atoms with E-state index in [1.807, 2.05) is 36.4 Å². The van der Waals surface area contributed by atoms with Gasteiger partial charge in [-0.1, -0.05) is 49.6 Å². The Labute approximate surface area is 125 Å². The number of aliphatic imine (C=N–C) groups is 1. The fraction of sp³-hybridized carbons (Fsp3) is 0.375. The molecule has 0 aromatic heterocycles. The standard InChI is InChI=1S/C16H23N5/c17-15(18)21-16(20-14-9-5-2-6-10-14)19-12-11-13-7-3-1-4-8-13/h1,3-4,7-8,11-12,14H,2,5-6,9-10H2,(H5,17,18,19,20,21). The zero-order valence-electron chi connectivity index (χ0n) is 12.2. The average molecular weight is 285 g/mol. The summed E-state index contributed by atoms with van der Waals surface area (Å²) in [6, 6.07) is 10.4. The molecular weight excluding hydrogens is 262 g/mol. The van der Waals surface area contributed by atoms with Crippen molar-refractivity contribution >= 4 is 18.0 Å². The highest BCUT2D eigenvalue weighted by atomic mass is 15.2. The second-order valence-electron chi connectivity index (χ2n) is 5.22. The SMILES string of the molecule is N=C(N)NC(=NC=Cc1ccccc1)NC1CCCCC1. The first-order valence-corrected chi connectivity index (χ1v) is 7.41. The molecule has 0 radical (unpaired) electrons. The van der Waals surface area contributed by atoms with E-state index in [0.717, 1.165) is 18.4 Å². The Bertz CT molecular complexity index is 501. The van der Waals surface area contributed by atoms with Gasteiger partial charge in [-0.25, -0.2) is 4.99 Å². The van der Waals surface area contributed by atoms with Gasteiger partial charge in [0.2, 0.25) is 5.96 Å². The van der Waals surface area contributed by atoms with Gasteiger partial charge in [-0.3, -0.25) is 10.7 Å². The molecule has 1 saturated carbocycles. The molecule has 0 heterocycles. The van der Waals surface area contributed by atoms with Crippen molar-refractivity contribution < 1.29 is 0 Å². The minimum Gasteiger partial charge on any atom is -0.370 e. The summed E-state index contributed by atoms with van der Waals surface area (Å²) in [4.78, 5) is 4.35. The van der Waals surface area contributed by atoms with Crippen molar-refractivity contribution in [1.29, 1.82) is 5.41 Å². The monoisotopic (exact) mass is 285 g/mol. The molecule has 0 saturated heterocycles. The van der Waals surface area contributed by atoms with Gasteiger partial charge in [0.1, 0.15) is 0 Å². The average Bonchev–Trinajstić information content (AvgIpc) is 2.49. The second kappa shape index (κ2) is 8.09. The summed E-state index contributed by atoms with van der Waals surface area (Å²) in [7, 11) is 0. The number of hydrogen-bond acceptors (Lipinski definition) is 2.